The molecular formula is C11H22BF3NO2-. The average molecular weight is 268 g/mol. The van der Waals surface area contributed by atoms with Crippen molar-refractivity contribution in [1.29, 1.82) is 0 Å². The molecule has 0 fully saturated rings. The van der Waals surface area contributed by atoms with Crippen LogP contribution in [0, 0.1) is 0 Å². The third-order valence-corrected chi connectivity index (χ3v) is 2.13. The summed E-state index contributed by atoms with van der Waals surface area (Å²) in [5.74, 6) is 0. The monoisotopic (exact) mass is 268 g/mol. The maximum atomic E-state index is 11.9. The Balaban J connectivity index is 3.39. The molecule has 1 amide bonds. The second-order valence-corrected chi connectivity index (χ2v) is 5.34. The predicted molar refractivity (Wildman–Crippen MR) is 66.6 cm³/mol. The summed E-state index contributed by atoms with van der Waals surface area (Å²) in [5.41, 5.74) is -0.529. The minimum atomic E-state index is -4.65. The van der Waals surface area contributed by atoms with Gasteiger partial charge in [-0.3, -0.25) is 0 Å². The minimum absolute atomic E-state index is 0.177. The van der Waals surface area contributed by atoms with E-state index in [9.17, 15) is 17.7 Å². The first kappa shape index (κ1) is 17.1. The number of alkyl carbamates (subject to hydrolysis) is 1. The Morgan fingerprint density at radius 2 is 1.67 bits per heavy atom. The Morgan fingerprint density at radius 1 is 1.11 bits per heavy atom. The number of hydrogen-bond acceptors (Lipinski definition) is 2. The van der Waals surface area contributed by atoms with Gasteiger partial charge in [-0.15, -0.1) is 0 Å². The zero-order valence-corrected chi connectivity index (χ0v) is 11.3. The molecule has 108 valence electrons. The molecule has 0 aliphatic carbocycles. The van der Waals surface area contributed by atoms with E-state index >= 15 is 0 Å². The van der Waals surface area contributed by atoms with E-state index in [1.807, 2.05) is 0 Å². The maximum absolute atomic E-state index is 11.9. The van der Waals surface area contributed by atoms with Crippen molar-refractivity contribution < 1.29 is 22.5 Å². The lowest BCUT2D eigenvalue weighted by molar-refractivity contribution is 0.0527. The van der Waals surface area contributed by atoms with E-state index in [-0.39, 0.29) is 6.42 Å². The molecule has 0 spiro atoms. The third-order valence-electron chi connectivity index (χ3n) is 2.13. The van der Waals surface area contributed by atoms with E-state index in [1.165, 1.54) is 0 Å². The van der Waals surface area contributed by atoms with E-state index in [0.717, 1.165) is 0 Å². The van der Waals surface area contributed by atoms with Gasteiger partial charge in [0.2, 0.25) is 0 Å². The van der Waals surface area contributed by atoms with Gasteiger partial charge in [-0.25, -0.2) is 4.79 Å². The highest BCUT2D eigenvalue weighted by Crippen LogP contribution is 2.18. The Labute approximate surface area is 107 Å². The molecule has 0 bridgehead atoms. The summed E-state index contributed by atoms with van der Waals surface area (Å²) < 4.78 is 40.7. The molecule has 0 atom stereocenters. The largest absolute Gasteiger partial charge is 0.478 e. The van der Waals surface area contributed by atoms with Gasteiger partial charge >= 0.3 is 13.1 Å². The second kappa shape index (κ2) is 7.54. The summed E-state index contributed by atoms with van der Waals surface area (Å²) in [6.45, 7) is 1.10. The van der Waals surface area contributed by atoms with Crippen molar-refractivity contribution in [3.63, 3.8) is 0 Å². The fourth-order valence-electron chi connectivity index (χ4n) is 1.36. The number of nitrogens with one attached hydrogen (secondary N) is 1. The van der Waals surface area contributed by atoms with Crippen molar-refractivity contribution in [2.75, 3.05) is 6.54 Å². The van der Waals surface area contributed by atoms with E-state index < -0.39 is 25.0 Å². The molecule has 0 radical (unpaired) electrons. The number of hydrogen-bond donors (Lipinski definition) is 1. The molecule has 0 aromatic rings. The SMILES string of the molecule is CC(C)(C)OC(=O)NCCCCCC[B-](F)(F)F. The molecular weight excluding hydrogens is 246 g/mol. The number of carbonyl (C=O) groups excluding carboxylic acids is 1. The van der Waals surface area contributed by atoms with Crippen molar-refractivity contribution in [2.24, 2.45) is 0 Å². The first-order valence-corrected chi connectivity index (χ1v) is 6.28. The van der Waals surface area contributed by atoms with Gasteiger partial charge in [0.25, 0.3) is 0 Å². The van der Waals surface area contributed by atoms with Crippen LogP contribution in [0.4, 0.5) is 17.7 Å². The lowest BCUT2D eigenvalue weighted by atomic mass is 9.83. The van der Waals surface area contributed by atoms with Gasteiger partial charge < -0.3 is 23.0 Å². The van der Waals surface area contributed by atoms with Crippen molar-refractivity contribution in [3.8, 4) is 0 Å². The molecule has 0 unspecified atom stereocenters. The number of unbranched alkanes of at least 4 members (excludes halogenated alkanes) is 3. The zero-order chi connectivity index (χ0) is 14.2. The van der Waals surface area contributed by atoms with Crippen molar-refractivity contribution in [3.05, 3.63) is 0 Å². The Morgan fingerprint density at radius 3 is 2.17 bits per heavy atom. The normalized spacial score (nSPS) is 12.3. The maximum Gasteiger partial charge on any atom is 0.478 e. The summed E-state index contributed by atoms with van der Waals surface area (Å²) in [6.07, 6.45) is 0.916. The minimum Gasteiger partial charge on any atom is -0.449 e. The number of ether oxygens (including phenoxy) is 1. The highest BCUT2D eigenvalue weighted by Gasteiger charge is 2.21. The summed E-state index contributed by atoms with van der Waals surface area (Å²) in [5, 5.41) is 2.57. The zero-order valence-electron chi connectivity index (χ0n) is 11.3. The molecule has 3 nitrogen and oxygen atoms in total. The van der Waals surface area contributed by atoms with Crippen LogP contribution >= 0.6 is 0 Å². The molecule has 0 aromatic carbocycles. The third kappa shape index (κ3) is 13.2. The van der Waals surface area contributed by atoms with E-state index in [4.69, 9.17) is 4.74 Å². The van der Waals surface area contributed by atoms with Crippen LogP contribution in [-0.4, -0.2) is 25.2 Å². The van der Waals surface area contributed by atoms with Crippen LogP contribution in [0.3, 0.4) is 0 Å². The first-order chi connectivity index (χ1) is 8.10. The summed E-state index contributed by atoms with van der Waals surface area (Å²) in [7, 11) is 0. The molecule has 0 saturated heterocycles. The number of amides is 1. The van der Waals surface area contributed by atoms with E-state index in [1.54, 1.807) is 20.8 Å². The highest BCUT2D eigenvalue weighted by molar-refractivity contribution is 6.58. The van der Waals surface area contributed by atoms with E-state index in [0.29, 0.717) is 25.8 Å². The lowest BCUT2D eigenvalue weighted by Crippen LogP contribution is -2.32. The quantitative estimate of drug-likeness (QED) is 0.561. The number of halogens is 3. The molecule has 0 aliphatic rings. The van der Waals surface area contributed by atoms with Gasteiger partial charge in [0.15, 0.2) is 0 Å². The van der Waals surface area contributed by atoms with Crippen LogP contribution in [0.1, 0.15) is 46.5 Å². The molecule has 18 heavy (non-hydrogen) atoms. The fourth-order valence-corrected chi connectivity index (χ4v) is 1.36. The number of carbonyl (C=O) groups is 1. The van der Waals surface area contributed by atoms with Gasteiger partial charge in [0.1, 0.15) is 5.60 Å². The van der Waals surface area contributed by atoms with Crippen LogP contribution < -0.4 is 5.32 Å². The fraction of sp³-hybridized carbons (Fsp3) is 0.909. The molecule has 0 aromatic heterocycles. The summed E-state index contributed by atoms with van der Waals surface area (Å²) in [6, 6.07) is 0. The molecule has 1 N–H and O–H groups in total. The Kier molecular flexibility index (Phi) is 7.17. The van der Waals surface area contributed by atoms with Crippen molar-refractivity contribution in [1.82, 2.24) is 5.32 Å². The highest BCUT2D eigenvalue weighted by atomic mass is 19.4. The Hall–Kier alpha value is -0.875. The molecule has 0 heterocycles. The molecule has 7 heteroatoms. The van der Waals surface area contributed by atoms with Gasteiger partial charge in [-0.1, -0.05) is 25.6 Å². The Bertz CT molecular complexity index is 252. The smallest absolute Gasteiger partial charge is 0.449 e. The van der Waals surface area contributed by atoms with Crippen LogP contribution in [0.15, 0.2) is 0 Å². The lowest BCUT2D eigenvalue weighted by Gasteiger charge is -2.19. The van der Waals surface area contributed by atoms with Crippen molar-refractivity contribution in [2.45, 2.75) is 58.4 Å². The second-order valence-electron chi connectivity index (χ2n) is 5.34. The van der Waals surface area contributed by atoms with E-state index in [2.05, 4.69) is 5.32 Å². The van der Waals surface area contributed by atoms with Gasteiger partial charge in [0, 0.05) is 6.54 Å². The topological polar surface area (TPSA) is 38.3 Å². The standard InChI is InChI=1S/C11H22BF3NO2/c1-11(2,3)18-10(17)16-9-7-5-4-6-8-12(13,14)15/h4-9H2,1-3H3,(H,16,17)/q-1. The molecule has 0 rings (SSSR count). The van der Waals surface area contributed by atoms with Gasteiger partial charge in [0.05, 0.1) is 0 Å². The molecule has 0 aliphatic heterocycles. The van der Waals surface area contributed by atoms with Crippen molar-refractivity contribution >= 4 is 13.1 Å². The van der Waals surface area contributed by atoms with Crippen LogP contribution in [0.25, 0.3) is 0 Å². The van der Waals surface area contributed by atoms with Gasteiger partial charge in [-0.2, -0.15) is 0 Å². The van der Waals surface area contributed by atoms with Crippen LogP contribution in [-0.2, 0) is 4.74 Å². The van der Waals surface area contributed by atoms with Gasteiger partial charge in [-0.05, 0) is 27.2 Å². The summed E-state index contributed by atoms with van der Waals surface area (Å²) in [4.78, 5) is 11.2. The number of rotatable bonds is 7. The first-order valence-electron chi connectivity index (χ1n) is 6.28. The van der Waals surface area contributed by atoms with Crippen LogP contribution in [0.5, 0.6) is 0 Å². The molecule has 0 saturated carbocycles. The van der Waals surface area contributed by atoms with Crippen LogP contribution in [0.2, 0.25) is 6.32 Å². The predicted octanol–water partition coefficient (Wildman–Crippen LogP) is 3.92. The summed E-state index contributed by atoms with van der Waals surface area (Å²) >= 11 is 0. The average Bonchev–Trinajstić information content (AvgIpc) is 2.11.